The summed E-state index contributed by atoms with van der Waals surface area (Å²) in [6.07, 6.45) is 3.34. The fourth-order valence-electron chi connectivity index (χ4n) is 3.36. The molecule has 0 amide bonds. The summed E-state index contributed by atoms with van der Waals surface area (Å²) in [5, 5.41) is 5.60. The van der Waals surface area contributed by atoms with Crippen LogP contribution in [0.2, 0.25) is 0 Å². The number of allylic oxidation sites excluding steroid dienone is 1. The van der Waals surface area contributed by atoms with Crippen LogP contribution in [0.25, 0.3) is 0 Å². The number of rotatable bonds is 4. The number of carbonyl (C=O) groups excluding carboxylic acids is 2. The van der Waals surface area contributed by atoms with Gasteiger partial charge >= 0.3 is 0 Å². The van der Waals surface area contributed by atoms with E-state index >= 15 is 0 Å². The minimum absolute atomic E-state index is 0.0285. The van der Waals surface area contributed by atoms with Gasteiger partial charge in [-0.05, 0) is 11.3 Å². The van der Waals surface area contributed by atoms with Gasteiger partial charge in [0.15, 0.2) is 0 Å². The van der Waals surface area contributed by atoms with E-state index in [4.69, 9.17) is 0 Å². The van der Waals surface area contributed by atoms with Crippen LogP contribution in [0.4, 0.5) is 0 Å². The lowest BCUT2D eigenvalue weighted by Gasteiger charge is -2.33. The minimum atomic E-state index is -0.613. The number of carbonyl (C=O) groups is 2. The third-order valence-corrected chi connectivity index (χ3v) is 4.47. The molecule has 3 N–H and O–H groups in total. The largest absolute Gasteiger partial charge is 0.388 e. The lowest BCUT2D eigenvalue weighted by atomic mass is 9.71. The van der Waals surface area contributed by atoms with Gasteiger partial charge in [0.1, 0.15) is 17.5 Å². The van der Waals surface area contributed by atoms with Crippen molar-refractivity contribution >= 4 is 11.6 Å². The first-order valence-electron chi connectivity index (χ1n) is 7.69. The van der Waals surface area contributed by atoms with Crippen molar-refractivity contribution in [3.63, 3.8) is 0 Å². The summed E-state index contributed by atoms with van der Waals surface area (Å²) < 4.78 is 0. The average Bonchev–Trinajstić information content (AvgIpc) is 2.35. The molecule has 1 heterocycles. The third-order valence-electron chi connectivity index (χ3n) is 4.47. The molecule has 0 unspecified atom stereocenters. The maximum atomic E-state index is 12.2. The summed E-state index contributed by atoms with van der Waals surface area (Å²) in [6, 6.07) is 0. The van der Waals surface area contributed by atoms with Crippen molar-refractivity contribution in [2.24, 2.45) is 17.3 Å². The molecule has 1 aliphatic carbocycles. The monoisotopic (exact) mass is 279 g/mol. The summed E-state index contributed by atoms with van der Waals surface area (Å²) >= 11 is 0. The minimum Gasteiger partial charge on any atom is -0.388 e. The molecule has 112 valence electrons. The first-order valence-corrected chi connectivity index (χ1v) is 7.69. The lowest BCUT2D eigenvalue weighted by molar-refractivity contribution is -0.664. The summed E-state index contributed by atoms with van der Waals surface area (Å²) in [7, 11) is 0. The van der Waals surface area contributed by atoms with E-state index < -0.39 is 5.92 Å². The molecule has 4 nitrogen and oxygen atoms in total. The Morgan fingerprint density at radius 2 is 1.80 bits per heavy atom. The fourth-order valence-corrected chi connectivity index (χ4v) is 3.36. The van der Waals surface area contributed by atoms with Crippen molar-refractivity contribution in [1.29, 1.82) is 0 Å². The molecule has 0 bridgehead atoms. The van der Waals surface area contributed by atoms with Crippen LogP contribution in [-0.4, -0.2) is 31.2 Å². The van der Waals surface area contributed by atoms with Gasteiger partial charge in [0, 0.05) is 37.9 Å². The number of nitrogens with two attached hydrogens (primary N) is 1. The van der Waals surface area contributed by atoms with Crippen LogP contribution in [0, 0.1) is 17.3 Å². The van der Waals surface area contributed by atoms with Gasteiger partial charge in [-0.3, -0.25) is 9.59 Å². The zero-order valence-electron chi connectivity index (χ0n) is 12.7. The number of hydrogen-bond donors (Lipinski definition) is 2. The van der Waals surface area contributed by atoms with Crippen molar-refractivity contribution in [1.82, 2.24) is 5.32 Å². The van der Waals surface area contributed by atoms with Gasteiger partial charge in [0.05, 0.1) is 13.1 Å². The molecule has 1 saturated carbocycles. The molecular formula is C16H27N2O2+. The molecule has 20 heavy (non-hydrogen) atoms. The second kappa shape index (κ2) is 6.08. The standard InChI is InChI=1S/C16H26N2O2/c1-11(18-10-12-4-6-17-7-5-12)15-13(19)8-16(2,3)9-14(15)20/h12,15,17-18H,1,4-10H2,2-3H3/p+1. The molecule has 0 aromatic carbocycles. The predicted molar refractivity (Wildman–Crippen MR) is 78.0 cm³/mol. The molecule has 0 radical (unpaired) electrons. The number of piperidine rings is 1. The number of ketones is 2. The second-order valence-electron chi connectivity index (χ2n) is 7.10. The molecule has 0 spiro atoms. The number of Topliss-reactive ketones (excluding diaryl/α,β-unsaturated/α-hetero) is 2. The van der Waals surface area contributed by atoms with E-state index in [1.165, 1.54) is 25.9 Å². The maximum Gasteiger partial charge on any atom is 0.149 e. The Balaban J connectivity index is 1.88. The SMILES string of the molecule is C=C(NCC1CC[NH2+]CC1)C1C(=O)CC(C)(C)CC1=O. The van der Waals surface area contributed by atoms with E-state index in [9.17, 15) is 9.59 Å². The van der Waals surface area contributed by atoms with E-state index in [0.29, 0.717) is 24.5 Å². The van der Waals surface area contributed by atoms with Crippen LogP contribution in [0.1, 0.15) is 39.5 Å². The molecule has 2 aliphatic rings. The summed E-state index contributed by atoms with van der Waals surface area (Å²) in [5.74, 6) is 0.0848. The Bertz CT molecular complexity index is 389. The molecule has 0 atom stereocenters. The van der Waals surface area contributed by atoms with E-state index in [1.54, 1.807) is 0 Å². The van der Waals surface area contributed by atoms with Crippen LogP contribution in [0.3, 0.4) is 0 Å². The van der Waals surface area contributed by atoms with Crippen LogP contribution < -0.4 is 10.6 Å². The van der Waals surface area contributed by atoms with Crippen molar-refractivity contribution in [3.05, 3.63) is 12.3 Å². The molecule has 4 heteroatoms. The molecule has 2 rings (SSSR count). The van der Waals surface area contributed by atoms with Gasteiger partial charge in [-0.25, -0.2) is 0 Å². The van der Waals surface area contributed by atoms with Gasteiger partial charge in [0.2, 0.25) is 0 Å². The van der Waals surface area contributed by atoms with E-state index in [2.05, 4.69) is 17.2 Å². The maximum absolute atomic E-state index is 12.2. The summed E-state index contributed by atoms with van der Waals surface area (Å²) in [5.41, 5.74) is 0.425. The first-order chi connectivity index (χ1) is 9.39. The highest BCUT2D eigenvalue weighted by Gasteiger charge is 2.40. The Labute approximate surface area is 121 Å². The normalized spacial score (nSPS) is 24.7. The fraction of sp³-hybridized carbons (Fsp3) is 0.750. The zero-order valence-corrected chi connectivity index (χ0v) is 12.7. The van der Waals surface area contributed by atoms with Crippen LogP contribution in [0.15, 0.2) is 12.3 Å². The van der Waals surface area contributed by atoms with Crippen molar-refractivity contribution in [2.75, 3.05) is 19.6 Å². The van der Waals surface area contributed by atoms with Crippen LogP contribution >= 0.6 is 0 Å². The van der Waals surface area contributed by atoms with Gasteiger partial charge in [-0.2, -0.15) is 0 Å². The topological polar surface area (TPSA) is 62.8 Å². The van der Waals surface area contributed by atoms with Crippen molar-refractivity contribution < 1.29 is 14.9 Å². The van der Waals surface area contributed by atoms with Crippen molar-refractivity contribution in [2.45, 2.75) is 39.5 Å². The highest BCUT2D eigenvalue weighted by Crippen LogP contribution is 2.35. The van der Waals surface area contributed by atoms with Crippen LogP contribution in [-0.2, 0) is 9.59 Å². The first kappa shape index (κ1) is 15.2. The Hall–Kier alpha value is -1.16. The zero-order chi connectivity index (χ0) is 14.8. The van der Waals surface area contributed by atoms with E-state index in [-0.39, 0.29) is 17.0 Å². The highest BCUT2D eigenvalue weighted by atomic mass is 16.2. The summed E-state index contributed by atoms with van der Waals surface area (Å²) in [4.78, 5) is 24.4. The Morgan fingerprint density at radius 1 is 1.25 bits per heavy atom. The molecule has 0 aromatic heterocycles. The summed E-state index contributed by atoms with van der Waals surface area (Å²) in [6.45, 7) is 11.1. The van der Waals surface area contributed by atoms with E-state index in [0.717, 1.165) is 6.54 Å². The average molecular weight is 279 g/mol. The van der Waals surface area contributed by atoms with Gasteiger partial charge in [-0.15, -0.1) is 0 Å². The third kappa shape index (κ3) is 3.69. The van der Waals surface area contributed by atoms with E-state index in [1.807, 2.05) is 13.8 Å². The highest BCUT2D eigenvalue weighted by molar-refractivity contribution is 6.07. The number of quaternary nitrogens is 1. The molecule has 1 aliphatic heterocycles. The second-order valence-corrected chi connectivity index (χ2v) is 7.10. The molecule has 1 saturated heterocycles. The Kier molecular flexibility index (Phi) is 4.63. The number of hydrogen-bond acceptors (Lipinski definition) is 3. The number of nitrogens with one attached hydrogen (secondary N) is 1. The lowest BCUT2D eigenvalue weighted by Crippen LogP contribution is -2.86. The van der Waals surface area contributed by atoms with Crippen molar-refractivity contribution in [3.8, 4) is 0 Å². The molecule has 2 fully saturated rings. The van der Waals surface area contributed by atoms with Crippen LogP contribution in [0.5, 0.6) is 0 Å². The molecular weight excluding hydrogens is 252 g/mol. The van der Waals surface area contributed by atoms with Gasteiger partial charge in [-0.1, -0.05) is 20.4 Å². The molecule has 0 aromatic rings. The smallest absolute Gasteiger partial charge is 0.149 e. The predicted octanol–water partition coefficient (Wildman–Crippen LogP) is 0.637. The quantitative estimate of drug-likeness (QED) is 0.742. The van der Waals surface area contributed by atoms with Gasteiger partial charge < -0.3 is 10.6 Å². The Morgan fingerprint density at radius 3 is 2.35 bits per heavy atom. The van der Waals surface area contributed by atoms with Gasteiger partial charge in [0.25, 0.3) is 0 Å².